The number of methoxy groups -OCH3 is 1. The molecule has 2 aromatic carbocycles. The summed E-state index contributed by atoms with van der Waals surface area (Å²) in [4.78, 5) is 29.8. The average Bonchev–Trinajstić information content (AvgIpc) is 3.91. The molecule has 0 bridgehead atoms. The van der Waals surface area contributed by atoms with Gasteiger partial charge in [0.25, 0.3) is 0 Å². The van der Waals surface area contributed by atoms with Crippen molar-refractivity contribution < 1.29 is 36.9 Å². The SMILES string of the molecule is COCOc1cc(-c2ncc3c(N4CCCN4C(=O)OC(C)(C)C)nc(OC[C@@]45CCCN4C[C@H](F)C5)nc3c2F)c2c(C#C[Si](C(C)C)(C(C)C)C(C)C)c(F)ccc2c1. The summed E-state index contributed by atoms with van der Waals surface area (Å²) in [6.07, 6.45) is 2.47. The molecule has 0 saturated carbocycles. The average molecular weight is 861 g/mol. The monoisotopic (exact) mass is 860 g/mol. The summed E-state index contributed by atoms with van der Waals surface area (Å²) >= 11 is 0. The van der Waals surface area contributed by atoms with Gasteiger partial charge in [-0.15, -0.1) is 5.54 Å². The van der Waals surface area contributed by atoms with Crippen molar-refractivity contribution in [2.75, 3.05) is 51.7 Å². The molecule has 15 heteroatoms. The number of pyridine rings is 1. The lowest BCUT2D eigenvalue weighted by Gasteiger charge is -2.38. The molecular formula is C46H59F3N6O5Si. The molecule has 1 amide bonds. The highest BCUT2D eigenvalue weighted by Crippen LogP contribution is 2.44. The van der Waals surface area contributed by atoms with E-state index in [1.165, 1.54) is 24.4 Å². The van der Waals surface area contributed by atoms with Crippen molar-refractivity contribution in [2.45, 2.75) is 122 Å². The number of hydrogen-bond donors (Lipinski definition) is 0. The molecule has 7 rings (SSSR count). The number of hydrazine groups is 1. The Morgan fingerprint density at radius 2 is 1.74 bits per heavy atom. The maximum absolute atomic E-state index is 17.7. The minimum absolute atomic E-state index is 0.0823. The number of fused-ring (bicyclic) bond motifs is 3. The molecule has 328 valence electrons. The molecule has 0 spiro atoms. The van der Waals surface area contributed by atoms with E-state index in [0.717, 1.165) is 19.4 Å². The molecular weight excluding hydrogens is 802 g/mol. The standard InChI is InChI=1S/C46H59F3N6O5Si/c1-28(2)61(29(3)4,30(5)6)20-15-34-37(48)14-13-31-21-33(59-27-57-10)22-35(38(31)34)40-39(49)41-36(24-50-40)42(54-18-12-19-55(54)44(56)60-45(7,8)9)52-43(51-41)58-26-46-16-11-17-53(46)25-32(47)23-46/h13-14,21-22,24,28-30,32H,11-12,16-19,23,25-27H2,1-10H3/t32-,46+/m1/s1. The van der Waals surface area contributed by atoms with Crippen LogP contribution in [0.4, 0.5) is 23.8 Å². The number of ether oxygens (including phenoxy) is 4. The second-order valence-corrected chi connectivity index (χ2v) is 24.2. The highest BCUT2D eigenvalue weighted by atomic mass is 28.3. The van der Waals surface area contributed by atoms with E-state index >= 15 is 8.78 Å². The molecule has 61 heavy (non-hydrogen) atoms. The Kier molecular flexibility index (Phi) is 12.6. The van der Waals surface area contributed by atoms with Gasteiger partial charge in [0.1, 0.15) is 49.2 Å². The summed E-state index contributed by atoms with van der Waals surface area (Å²) in [6, 6.07) is 6.24. The third-order valence-electron chi connectivity index (χ3n) is 12.7. The summed E-state index contributed by atoms with van der Waals surface area (Å²) in [5.74, 6) is 2.51. The number of carbonyl (C=O) groups is 1. The lowest BCUT2D eigenvalue weighted by atomic mass is 9.95. The summed E-state index contributed by atoms with van der Waals surface area (Å²) in [5.41, 5.74) is 3.39. The molecule has 0 unspecified atom stereocenters. The van der Waals surface area contributed by atoms with Crippen LogP contribution in [0.5, 0.6) is 11.8 Å². The Morgan fingerprint density at radius 1 is 1.00 bits per heavy atom. The Balaban J connectivity index is 1.44. The van der Waals surface area contributed by atoms with E-state index in [1.54, 1.807) is 44.0 Å². The second-order valence-electron chi connectivity index (χ2n) is 18.6. The molecule has 2 aromatic heterocycles. The minimum Gasteiger partial charge on any atom is -0.468 e. The second kappa shape index (κ2) is 17.3. The largest absolute Gasteiger partial charge is 0.468 e. The van der Waals surface area contributed by atoms with Gasteiger partial charge < -0.3 is 18.9 Å². The lowest BCUT2D eigenvalue weighted by Crippen LogP contribution is -2.45. The van der Waals surface area contributed by atoms with Crippen LogP contribution in [0.3, 0.4) is 0 Å². The van der Waals surface area contributed by atoms with Crippen LogP contribution in [0.2, 0.25) is 16.6 Å². The van der Waals surface area contributed by atoms with Crippen LogP contribution < -0.4 is 14.5 Å². The number of nitrogens with zero attached hydrogens (tertiary/aromatic N) is 6. The van der Waals surface area contributed by atoms with Gasteiger partial charge in [-0.2, -0.15) is 9.97 Å². The smallest absolute Gasteiger partial charge is 0.429 e. The van der Waals surface area contributed by atoms with Gasteiger partial charge >= 0.3 is 12.1 Å². The fraction of sp³-hybridized carbons (Fsp3) is 0.565. The number of hydrogen-bond acceptors (Lipinski definition) is 10. The van der Waals surface area contributed by atoms with Gasteiger partial charge in [-0.05, 0) is 86.8 Å². The van der Waals surface area contributed by atoms with Gasteiger partial charge in [-0.3, -0.25) is 14.9 Å². The minimum atomic E-state index is -2.33. The highest BCUT2D eigenvalue weighted by molar-refractivity contribution is 6.90. The summed E-state index contributed by atoms with van der Waals surface area (Å²) < 4.78 is 72.0. The van der Waals surface area contributed by atoms with E-state index in [9.17, 15) is 9.18 Å². The van der Waals surface area contributed by atoms with E-state index in [0.29, 0.717) is 65.6 Å². The van der Waals surface area contributed by atoms with Crippen molar-refractivity contribution in [1.29, 1.82) is 0 Å². The zero-order valence-corrected chi connectivity index (χ0v) is 38.1. The summed E-state index contributed by atoms with van der Waals surface area (Å²) in [5, 5.41) is 4.26. The first kappa shape index (κ1) is 44.4. The number of alkyl halides is 1. The van der Waals surface area contributed by atoms with E-state index in [1.807, 2.05) is 0 Å². The third-order valence-corrected chi connectivity index (χ3v) is 19.0. The molecule has 0 N–H and O–H groups in total. The number of amides is 1. The summed E-state index contributed by atoms with van der Waals surface area (Å²) in [7, 11) is -0.834. The molecule has 3 saturated heterocycles. The number of halogens is 3. The van der Waals surface area contributed by atoms with Crippen LogP contribution in [0.15, 0.2) is 30.5 Å². The predicted molar refractivity (Wildman–Crippen MR) is 234 cm³/mol. The maximum atomic E-state index is 17.7. The van der Waals surface area contributed by atoms with Crippen LogP contribution in [-0.4, -0.2) is 103 Å². The Morgan fingerprint density at radius 3 is 2.43 bits per heavy atom. The number of carbonyl (C=O) groups excluding carboxylic acids is 1. The third kappa shape index (κ3) is 8.47. The lowest BCUT2D eigenvalue weighted by molar-refractivity contribution is 0.0272. The Hall–Kier alpha value is -4.65. The van der Waals surface area contributed by atoms with Crippen LogP contribution >= 0.6 is 0 Å². The molecule has 2 atom stereocenters. The van der Waals surface area contributed by atoms with Crippen molar-refractivity contribution in [2.24, 2.45) is 0 Å². The molecule has 0 radical (unpaired) electrons. The van der Waals surface area contributed by atoms with Crippen LogP contribution in [0.25, 0.3) is 32.9 Å². The number of benzene rings is 2. The summed E-state index contributed by atoms with van der Waals surface area (Å²) in [6.45, 7) is 20.3. The topological polar surface area (TPSA) is 102 Å². The van der Waals surface area contributed by atoms with E-state index in [4.69, 9.17) is 28.9 Å². The zero-order valence-electron chi connectivity index (χ0n) is 37.1. The first-order valence-corrected chi connectivity index (χ1v) is 23.7. The first-order valence-electron chi connectivity index (χ1n) is 21.5. The molecule has 4 aromatic rings. The quantitative estimate of drug-likeness (QED) is 0.0823. The van der Waals surface area contributed by atoms with Crippen LogP contribution in [-0.2, 0) is 9.47 Å². The molecule has 5 heterocycles. The highest BCUT2D eigenvalue weighted by Gasteiger charge is 2.49. The van der Waals surface area contributed by atoms with Crippen molar-refractivity contribution in [3.63, 3.8) is 0 Å². The van der Waals surface area contributed by atoms with Gasteiger partial charge in [0, 0.05) is 50.3 Å². The number of aromatic nitrogens is 3. The van der Waals surface area contributed by atoms with Gasteiger partial charge in [0.05, 0.1) is 16.5 Å². The normalized spacial score (nSPS) is 19.7. The zero-order chi connectivity index (χ0) is 44.0. The molecule has 11 nitrogen and oxygen atoms in total. The Bertz CT molecular complexity index is 2340. The fourth-order valence-electron chi connectivity index (χ4n) is 9.99. The van der Waals surface area contributed by atoms with E-state index < -0.39 is 43.1 Å². The van der Waals surface area contributed by atoms with Crippen LogP contribution in [0.1, 0.15) is 93.6 Å². The van der Waals surface area contributed by atoms with Crippen molar-refractivity contribution in [3.05, 3.63) is 47.7 Å². The van der Waals surface area contributed by atoms with Gasteiger partial charge in [-0.25, -0.2) is 23.0 Å². The fourth-order valence-corrected chi connectivity index (χ4v) is 15.2. The van der Waals surface area contributed by atoms with E-state index in [-0.39, 0.29) is 53.0 Å². The van der Waals surface area contributed by atoms with Crippen molar-refractivity contribution in [1.82, 2.24) is 24.9 Å². The maximum Gasteiger partial charge on any atom is 0.429 e. The van der Waals surface area contributed by atoms with Gasteiger partial charge in [0.2, 0.25) is 0 Å². The Labute approximate surface area is 358 Å². The molecule has 0 aliphatic carbocycles. The molecule has 3 aliphatic rings. The molecule has 3 aliphatic heterocycles. The van der Waals surface area contributed by atoms with Crippen LogP contribution in [0, 0.1) is 23.1 Å². The van der Waals surface area contributed by atoms with Crippen molar-refractivity contribution >= 4 is 41.7 Å². The van der Waals surface area contributed by atoms with E-state index in [2.05, 4.69) is 62.9 Å². The molecule has 3 fully saturated rings. The van der Waals surface area contributed by atoms with Gasteiger partial charge in [-0.1, -0.05) is 53.5 Å². The number of rotatable bonds is 11. The first-order chi connectivity index (χ1) is 28.9. The van der Waals surface area contributed by atoms with Crippen molar-refractivity contribution in [3.8, 4) is 34.5 Å². The number of anilines is 1. The predicted octanol–water partition coefficient (Wildman–Crippen LogP) is 9.99. The van der Waals surface area contributed by atoms with Gasteiger partial charge in [0.15, 0.2) is 18.4 Å².